The van der Waals surface area contributed by atoms with Crippen molar-refractivity contribution in [2.75, 3.05) is 33.9 Å². The Morgan fingerprint density at radius 2 is 0.712 bits per heavy atom. The van der Waals surface area contributed by atoms with Gasteiger partial charge >= 0.3 is 23.9 Å². The number of nitrogens with zero attached hydrogens (tertiary/aromatic N) is 6. The topological polar surface area (TPSA) is 309 Å². The maximum Gasteiger partial charge on any atom is 0.335 e. The molecule has 0 unspecified atom stereocenters. The number of aliphatic imine (C=N–C) groups is 3. The number of rotatable bonds is 32. The van der Waals surface area contributed by atoms with Crippen LogP contribution in [0.3, 0.4) is 0 Å². The molecular weight excluding hydrogens is 1510 g/mol. The summed E-state index contributed by atoms with van der Waals surface area (Å²) in [5.74, 6) is 0.206. The molecule has 0 saturated heterocycles. The molecule has 3 spiro atoms. The Balaban J connectivity index is 0.000000302. The number of carbonyl (C=O) groups is 9. The van der Waals surface area contributed by atoms with E-state index in [2.05, 4.69) is 159 Å². The molecule has 0 bridgehead atoms. The Hall–Kier alpha value is -7.85. The fourth-order valence-corrected chi connectivity index (χ4v) is 18.0. The van der Waals surface area contributed by atoms with Crippen LogP contribution in [0.5, 0.6) is 0 Å². The average molecular weight is 1660 g/mol. The van der Waals surface area contributed by atoms with E-state index in [9.17, 15) is 48.3 Å². The minimum Gasteiger partial charge on any atom is -0.481 e. The van der Waals surface area contributed by atoms with Gasteiger partial charge in [0.25, 0.3) is 29.5 Å². The summed E-state index contributed by atoms with van der Waals surface area (Å²) in [6.45, 7) is 40.9. The van der Waals surface area contributed by atoms with Crippen LogP contribution in [-0.2, 0) is 38.2 Å². The molecule has 3 atom stereocenters. The van der Waals surface area contributed by atoms with Crippen LogP contribution in [0.25, 0.3) is 0 Å². The number of hydrogen-bond acceptors (Lipinski definition) is 15. The molecule has 3 saturated carbocycles. The summed E-state index contributed by atoms with van der Waals surface area (Å²) in [6, 6.07) is 21.9. The number of nitrogens with one attached hydrogen (secondary N) is 2. The SMILES string of the molecule is CCCC[C@H](c1ccc(C(=O)NCCC(=O)O)cc1)N1C(=O)C(CC(C)C)=NC12CCC(C(C)(C)C)CC2.CCCC[C@H](c1ccc(C(=O)NCCC(=O)OC)cc1)N1C(=O)C(CC(C)C)=NC12CCC(C(C)(C)C)CC2.CCCC[C@H](c1ccc(C(=O)O)cc1)N1C(=O)C(CC(C)C)=NC12CCC(C(C)(C)C)CC2.COC(=O)CCN.Cl. The van der Waals surface area contributed by atoms with Gasteiger partial charge in [0.1, 0.15) is 34.1 Å². The van der Waals surface area contributed by atoms with E-state index in [1.165, 1.54) is 14.2 Å². The van der Waals surface area contributed by atoms with Crippen molar-refractivity contribution in [3.63, 3.8) is 0 Å². The van der Waals surface area contributed by atoms with Crippen LogP contribution in [0, 0.1) is 51.8 Å². The molecular formula is C95H148ClN9O13. The normalized spacial score (nSPS) is 22.0. The van der Waals surface area contributed by atoms with Crippen LogP contribution in [0.1, 0.15) is 364 Å². The van der Waals surface area contributed by atoms with Gasteiger partial charge in [-0.1, -0.05) is 200 Å². The summed E-state index contributed by atoms with van der Waals surface area (Å²) in [5, 5.41) is 23.6. The number of unbranched alkanes of at least 4 members (excludes halogenated alkanes) is 3. The van der Waals surface area contributed by atoms with Gasteiger partial charge < -0.3 is 50.8 Å². The highest BCUT2D eigenvalue weighted by atomic mass is 35.5. The molecule has 3 aromatic carbocycles. The second-order valence-electron chi connectivity index (χ2n) is 38.1. The smallest absolute Gasteiger partial charge is 0.335 e. The van der Waals surface area contributed by atoms with E-state index in [0.717, 1.165) is 163 Å². The third kappa shape index (κ3) is 27.6. The molecule has 118 heavy (non-hydrogen) atoms. The van der Waals surface area contributed by atoms with Crippen LogP contribution >= 0.6 is 12.4 Å². The number of ether oxygens (including phenoxy) is 2. The number of carbonyl (C=O) groups excluding carboxylic acids is 7. The molecule has 0 radical (unpaired) electrons. The zero-order valence-corrected chi connectivity index (χ0v) is 76.2. The molecule has 9 rings (SSSR count). The van der Waals surface area contributed by atoms with Crippen molar-refractivity contribution in [1.29, 1.82) is 0 Å². The molecule has 3 fully saturated rings. The van der Waals surface area contributed by atoms with Gasteiger partial charge in [-0.3, -0.25) is 53.3 Å². The highest BCUT2D eigenvalue weighted by Gasteiger charge is 2.56. The van der Waals surface area contributed by atoms with Gasteiger partial charge in [-0.2, -0.15) is 0 Å². The number of nitrogens with two attached hydrogens (primary N) is 1. The lowest BCUT2D eigenvalue weighted by Crippen LogP contribution is -2.51. The van der Waals surface area contributed by atoms with Crippen LogP contribution < -0.4 is 16.4 Å². The highest BCUT2D eigenvalue weighted by molar-refractivity contribution is 6.41. The molecule has 3 aromatic rings. The molecule has 0 aromatic heterocycles. The van der Waals surface area contributed by atoms with Crippen molar-refractivity contribution < 1.29 is 62.8 Å². The average Bonchev–Trinajstić information content (AvgIpc) is 1.59. The summed E-state index contributed by atoms with van der Waals surface area (Å²) in [4.78, 5) is 133. The first kappa shape index (κ1) is 101. The lowest BCUT2D eigenvalue weighted by molar-refractivity contribution is -0.141. The van der Waals surface area contributed by atoms with Crippen molar-refractivity contribution in [1.82, 2.24) is 25.3 Å². The summed E-state index contributed by atoms with van der Waals surface area (Å²) in [5.41, 5.74) is 10.8. The van der Waals surface area contributed by atoms with E-state index in [0.29, 0.717) is 84.6 Å². The summed E-state index contributed by atoms with van der Waals surface area (Å²) < 4.78 is 8.91. The van der Waals surface area contributed by atoms with Crippen molar-refractivity contribution >= 4 is 83.0 Å². The number of carboxylic acids is 2. The van der Waals surface area contributed by atoms with E-state index in [1.54, 1.807) is 24.3 Å². The summed E-state index contributed by atoms with van der Waals surface area (Å²) in [6.07, 6.45) is 22.9. The number of methoxy groups -OCH3 is 2. The van der Waals surface area contributed by atoms with Gasteiger partial charge in [0, 0.05) is 30.8 Å². The molecule has 3 aliphatic carbocycles. The Kier molecular flexibility index (Phi) is 39.0. The van der Waals surface area contributed by atoms with Crippen molar-refractivity contribution in [2.24, 2.45) is 72.5 Å². The number of aliphatic carboxylic acids is 1. The quantitative estimate of drug-likeness (QED) is 0.0363. The number of hydrogen-bond donors (Lipinski definition) is 5. The van der Waals surface area contributed by atoms with Gasteiger partial charge in [0.05, 0.1) is 57.2 Å². The Bertz CT molecular complexity index is 3860. The van der Waals surface area contributed by atoms with E-state index in [-0.39, 0.29) is 120 Å². The van der Waals surface area contributed by atoms with Crippen LogP contribution in [-0.4, -0.2) is 146 Å². The van der Waals surface area contributed by atoms with Gasteiger partial charge in [-0.05, 0) is 220 Å². The molecule has 3 heterocycles. The number of amides is 5. The van der Waals surface area contributed by atoms with Gasteiger partial charge in [0.2, 0.25) is 0 Å². The second-order valence-corrected chi connectivity index (χ2v) is 38.1. The maximum atomic E-state index is 14.0. The van der Waals surface area contributed by atoms with E-state index < -0.39 is 28.9 Å². The van der Waals surface area contributed by atoms with Gasteiger partial charge in [0.15, 0.2) is 0 Å². The van der Waals surface area contributed by atoms with Gasteiger partial charge in [-0.25, -0.2) is 4.79 Å². The third-order valence-corrected chi connectivity index (χ3v) is 24.7. The molecule has 658 valence electrons. The Morgan fingerprint density at radius 3 is 0.932 bits per heavy atom. The highest BCUT2D eigenvalue weighted by Crippen LogP contribution is 2.54. The second kappa shape index (κ2) is 45.7. The van der Waals surface area contributed by atoms with Crippen molar-refractivity contribution in [3.05, 3.63) is 106 Å². The molecule has 23 heteroatoms. The fraction of sp³-hybridized carbons (Fsp3) is 0.684. The molecule has 6 N–H and O–H groups in total. The predicted octanol–water partition coefficient (Wildman–Crippen LogP) is 19.7. The standard InChI is InChI=1S/C32H49N3O4.C31H47N3O4.C28H42N2O3.C4H9NO2.ClH/c1-8-9-10-27(23-11-13-24(14-12-23)29(37)33-20-17-28(36)39-7)35-30(38)26(21-22(2)3)34-32(35)18-15-25(16-19-32)31(4,5)6;1-7-8-9-26(22-10-12-23(13-11-22)28(37)32-19-16-27(35)36)34-29(38)25(20-21(2)3)33-31(34)17-14-24(15-18-31)30(4,5)6;1-7-8-9-24(20-10-12-21(13-11-20)26(32)33)30-25(31)23(18-19(2)3)29-28(30)16-14-22(15-17-28)27(4,5)6;1-7-4(6)2-3-5;/h11-14,22,25,27H,8-10,15-21H2,1-7H3,(H,33,37);10-13,21,24,26H,7-9,14-20H2,1-6H3,(H,32,37)(H,35,36);10-13,19,22,24H,7-9,14-18H2,1-6H3,(H,32,33);2-3,5H2,1H3;1H/t25?,27-,32?;24?,26-,31?;22?,24-,28?;;/m111../s1. The van der Waals surface area contributed by atoms with Crippen LogP contribution in [0.4, 0.5) is 0 Å². The van der Waals surface area contributed by atoms with Crippen LogP contribution in [0.15, 0.2) is 87.8 Å². The number of aromatic carboxylic acids is 1. The van der Waals surface area contributed by atoms with Crippen molar-refractivity contribution in [3.8, 4) is 0 Å². The lowest BCUT2D eigenvalue weighted by atomic mass is 9.69. The largest absolute Gasteiger partial charge is 0.481 e. The molecule has 5 amide bonds. The fourth-order valence-electron chi connectivity index (χ4n) is 18.0. The monoisotopic (exact) mass is 1660 g/mol. The first-order valence-electron chi connectivity index (χ1n) is 44.0. The Morgan fingerprint density at radius 1 is 0.449 bits per heavy atom. The predicted molar refractivity (Wildman–Crippen MR) is 473 cm³/mol. The zero-order valence-electron chi connectivity index (χ0n) is 75.4. The Labute approximate surface area is 712 Å². The first-order valence-corrected chi connectivity index (χ1v) is 44.0. The van der Waals surface area contributed by atoms with E-state index >= 15 is 0 Å². The summed E-state index contributed by atoms with van der Waals surface area (Å²) >= 11 is 0. The van der Waals surface area contributed by atoms with Gasteiger partial charge in [-0.15, -0.1) is 12.4 Å². The first-order chi connectivity index (χ1) is 55.1. The van der Waals surface area contributed by atoms with E-state index in [1.807, 2.05) is 48.5 Å². The minimum absolute atomic E-state index is 0. The summed E-state index contributed by atoms with van der Waals surface area (Å²) in [7, 11) is 2.68. The zero-order chi connectivity index (χ0) is 87.0. The molecule has 6 aliphatic rings. The number of halogens is 1. The molecule has 22 nitrogen and oxygen atoms in total. The number of esters is 2. The number of benzene rings is 3. The third-order valence-electron chi connectivity index (χ3n) is 24.7. The minimum atomic E-state index is -0.945. The molecule has 3 aliphatic heterocycles. The van der Waals surface area contributed by atoms with Crippen molar-refractivity contribution in [2.45, 2.75) is 333 Å². The lowest BCUT2D eigenvalue weighted by Gasteiger charge is -2.47. The van der Waals surface area contributed by atoms with E-state index in [4.69, 9.17) is 25.8 Å². The maximum absolute atomic E-state index is 14.0. The van der Waals surface area contributed by atoms with Crippen LogP contribution in [0.2, 0.25) is 0 Å². The number of carboxylic acid groups (broad SMARTS) is 2.